The van der Waals surface area contributed by atoms with Gasteiger partial charge in [0.05, 0.1) is 17.5 Å². The maximum atomic E-state index is 12.9. The van der Waals surface area contributed by atoms with Crippen molar-refractivity contribution < 1.29 is 5.11 Å². The van der Waals surface area contributed by atoms with E-state index in [2.05, 4.69) is 31.5 Å². The van der Waals surface area contributed by atoms with Gasteiger partial charge in [0.25, 0.3) is 5.56 Å². The number of hydrogen-bond acceptors (Lipinski definition) is 4. The van der Waals surface area contributed by atoms with Crippen LogP contribution in [0.15, 0.2) is 57.8 Å². The van der Waals surface area contributed by atoms with Gasteiger partial charge in [0.1, 0.15) is 16.4 Å². The highest BCUT2D eigenvalue weighted by atomic mass is 79.9. The smallest absolute Gasteiger partial charge is 0.282 e. The molecule has 0 fully saturated rings. The summed E-state index contributed by atoms with van der Waals surface area (Å²) in [6.45, 7) is 4.61. The van der Waals surface area contributed by atoms with Gasteiger partial charge in [-0.05, 0) is 36.6 Å². The van der Waals surface area contributed by atoms with E-state index in [9.17, 15) is 9.90 Å². The van der Waals surface area contributed by atoms with Crippen molar-refractivity contribution in [3.05, 3.63) is 96.3 Å². The second-order valence-corrected chi connectivity index (χ2v) is 9.21. The van der Waals surface area contributed by atoms with Gasteiger partial charge < -0.3 is 9.67 Å². The third-order valence-corrected chi connectivity index (χ3v) is 7.42. The third-order valence-electron chi connectivity index (χ3n) is 5.49. The molecule has 5 rings (SSSR count). The molecule has 29 heavy (non-hydrogen) atoms. The van der Waals surface area contributed by atoms with E-state index in [0.717, 1.165) is 30.9 Å². The lowest BCUT2D eigenvalue weighted by molar-refractivity contribution is 0.512. The number of aromatic nitrogens is 2. The zero-order chi connectivity index (χ0) is 20.3. The topological polar surface area (TPSA) is 55.1 Å². The molecule has 1 aliphatic heterocycles. The van der Waals surface area contributed by atoms with Crippen molar-refractivity contribution in [2.75, 3.05) is 0 Å². The summed E-state index contributed by atoms with van der Waals surface area (Å²) < 4.78 is 2.84. The minimum atomic E-state index is -0.245. The average molecular weight is 465 g/mol. The summed E-state index contributed by atoms with van der Waals surface area (Å²) in [7, 11) is 0. The lowest BCUT2D eigenvalue weighted by atomic mass is 9.92. The summed E-state index contributed by atoms with van der Waals surface area (Å²) in [5.41, 5.74) is 3.98. The van der Waals surface area contributed by atoms with Crippen molar-refractivity contribution >= 4 is 48.8 Å². The van der Waals surface area contributed by atoms with Crippen LogP contribution in [0.2, 0.25) is 0 Å². The molecule has 3 heterocycles. The summed E-state index contributed by atoms with van der Waals surface area (Å²) in [4.78, 5) is 19.4. The molecule has 0 spiro atoms. The SMILES string of the molecule is Cc1sc2c(c1C)c(=O)nc1n2Cc2ccccc2/C1=C(\O)c1ccccc1Br. The first-order valence-electron chi connectivity index (χ1n) is 9.24. The molecule has 4 nitrogen and oxygen atoms in total. The molecule has 0 saturated carbocycles. The lowest BCUT2D eigenvalue weighted by Gasteiger charge is -2.25. The fraction of sp³-hybridized carbons (Fsp3) is 0.130. The number of nitrogens with zero attached hydrogens (tertiary/aromatic N) is 2. The average Bonchev–Trinajstić information content (AvgIpc) is 3.02. The Balaban J connectivity index is 1.93. The Morgan fingerprint density at radius 3 is 2.66 bits per heavy atom. The number of hydrogen-bond donors (Lipinski definition) is 1. The van der Waals surface area contributed by atoms with Gasteiger partial charge in [0.15, 0.2) is 0 Å². The second-order valence-electron chi connectivity index (χ2n) is 7.15. The molecule has 0 saturated heterocycles. The Hall–Kier alpha value is -2.70. The monoisotopic (exact) mass is 464 g/mol. The fourth-order valence-corrected chi connectivity index (χ4v) is 5.53. The Kier molecular flexibility index (Phi) is 4.22. The number of benzene rings is 2. The molecule has 0 aliphatic carbocycles. The van der Waals surface area contributed by atoms with E-state index in [0.29, 0.717) is 28.9 Å². The Morgan fingerprint density at radius 2 is 1.86 bits per heavy atom. The van der Waals surface area contributed by atoms with E-state index in [1.165, 1.54) is 0 Å². The van der Waals surface area contributed by atoms with Crippen molar-refractivity contribution in [3.63, 3.8) is 0 Å². The highest BCUT2D eigenvalue weighted by molar-refractivity contribution is 9.10. The molecular formula is C23H17BrN2O2S. The van der Waals surface area contributed by atoms with Gasteiger partial charge >= 0.3 is 0 Å². The normalized spacial score (nSPS) is 14.6. The molecule has 6 heteroatoms. The summed E-state index contributed by atoms with van der Waals surface area (Å²) in [6, 6.07) is 15.5. The number of halogens is 1. The van der Waals surface area contributed by atoms with Gasteiger partial charge in [-0.15, -0.1) is 11.3 Å². The van der Waals surface area contributed by atoms with E-state index in [1.807, 2.05) is 56.3 Å². The standard InChI is InChI=1S/C23H17BrN2O2S/c1-12-13(2)29-23-18(12)22(28)25-21-19(20(27)16-9-5-6-10-17(16)24)15-8-4-3-7-14(15)11-26(21)23/h3-10,27H,11H2,1-2H3/b20-19+. The summed E-state index contributed by atoms with van der Waals surface area (Å²) >= 11 is 5.13. The molecule has 0 unspecified atom stereocenters. The van der Waals surface area contributed by atoms with Crippen LogP contribution < -0.4 is 5.56 Å². The van der Waals surface area contributed by atoms with Crippen LogP contribution in [0.1, 0.15) is 33.0 Å². The van der Waals surface area contributed by atoms with Crippen molar-refractivity contribution in [3.8, 4) is 0 Å². The zero-order valence-corrected chi connectivity index (χ0v) is 18.3. The van der Waals surface area contributed by atoms with E-state index < -0.39 is 0 Å². The first-order valence-corrected chi connectivity index (χ1v) is 10.9. The van der Waals surface area contributed by atoms with E-state index in [4.69, 9.17) is 0 Å². The molecule has 2 aromatic carbocycles. The Labute approximate surface area is 179 Å². The van der Waals surface area contributed by atoms with Crippen LogP contribution in [-0.4, -0.2) is 14.7 Å². The lowest BCUT2D eigenvalue weighted by Crippen LogP contribution is -2.23. The predicted octanol–water partition coefficient (Wildman–Crippen LogP) is 5.67. The number of rotatable bonds is 1. The van der Waals surface area contributed by atoms with E-state index >= 15 is 0 Å². The molecule has 1 aliphatic rings. The number of fused-ring (bicyclic) bond motifs is 4. The zero-order valence-electron chi connectivity index (χ0n) is 15.9. The van der Waals surface area contributed by atoms with Crippen LogP contribution in [-0.2, 0) is 6.54 Å². The maximum Gasteiger partial charge on any atom is 0.282 e. The van der Waals surface area contributed by atoms with Crippen LogP contribution >= 0.6 is 27.3 Å². The quantitative estimate of drug-likeness (QED) is 0.325. The summed E-state index contributed by atoms with van der Waals surface area (Å²) in [5.74, 6) is 0.616. The Morgan fingerprint density at radius 1 is 1.14 bits per heavy atom. The minimum absolute atomic E-state index is 0.106. The maximum absolute atomic E-state index is 12.9. The van der Waals surface area contributed by atoms with Gasteiger partial charge in [-0.25, -0.2) is 0 Å². The second kappa shape index (κ2) is 6.68. The first kappa shape index (κ1) is 18.3. The molecule has 0 bridgehead atoms. The number of thiophene rings is 1. The van der Waals surface area contributed by atoms with Crippen LogP contribution in [0.5, 0.6) is 0 Å². The van der Waals surface area contributed by atoms with Crippen molar-refractivity contribution in [2.24, 2.45) is 0 Å². The van der Waals surface area contributed by atoms with Crippen LogP contribution in [0.4, 0.5) is 0 Å². The van der Waals surface area contributed by atoms with Crippen LogP contribution in [0.25, 0.3) is 21.5 Å². The van der Waals surface area contributed by atoms with Gasteiger partial charge in [0, 0.05) is 14.9 Å². The molecule has 1 N–H and O–H groups in total. The highest BCUT2D eigenvalue weighted by Gasteiger charge is 2.28. The molecular weight excluding hydrogens is 448 g/mol. The predicted molar refractivity (Wildman–Crippen MR) is 122 cm³/mol. The molecule has 144 valence electrons. The van der Waals surface area contributed by atoms with Crippen molar-refractivity contribution in [2.45, 2.75) is 20.4 Å². The third kappa shape index (κ3) is 2.70. The molecule has 0 atom stereocenters. The number of aryl methyl sites for hydroxylation is 2. The van der Waals surface area contributed by atoms with Crippen molar-refractivity contribution in [1.29, 1.82) is 0 Å². The number of aliphatic hydroxyl groups is 1. The largest absolute Gasteiger partial charge is 0.506 e. The van der Waals surface area contributed by atoms with Crippen LogP contribution in [0.3, 0.4) is 0 Å². The minimum Gasteiger partial charge on any atom is -0.506 e. The van der Waals surface area contributed by atoms with E-state index in [1.54, 1.807) is 11.3 Å². The molecule has 0 radical (unpaired) electrons. The Bertz CT molecular complexity index is 1400. The van der Waals surface area contributed by atoms with Gasteiger partial charge in [0.2, 0.25) is 0 Å². The van der Waals surface area contributed by atoms with Gasteiger partial charge in [-0.1, -0.05) is 58.4 Å². The van der Waals surface area contributed by atoms with Gasteiger partial charge in [-0.3, -0.25) is 4.79 Å². The number of aliphatic hydroxyl groups excluding tert-OH is 1. The summed E-state index contributed by atoms with van der Waals surface area (Å²) in [6.07, 6.45) is 0. The molecule has 4 aromatic rings. The first-order chi connectivity index (χ1) is 14.0. The van der Waals surface area contributed by atoms with Crippen molar-refractivity contribution in [1.82, 2.24) is 9.55 Å². The molecule has 0 amide bonds. The molecule has 2 aromatic heterocycles. The van der Waals surface area contributed by atoms with Crippen LogP contribution in [0, 0.1) is 13.8 Å². The summed E-state index contributed by atoms with van der Waals surface area (Å²) in [5, 5.41) is 12.0. The fourth-order valence-electron chi connectivity index (χ4n) is 3.91. The van der Waals surface area contributed by atoms with Gasteiger partial charge in [-0.2, -0.15) is 4.98 Å². The van der Waals surface area contributed by atoms with E-state index in [-0.39, 0.29) is 11.3 Å². The highest BCUT2D eigenvalue weighted by Crippen LogP contribution is 2.40.